The van der Waals surface area contributed by atoms with Crippen LogP contribution < -0.4 is 10.5 Å². The number of aromatic nitrogens is 2. The Morgan fingerprint density at radius 3 is 2.33 bits per heavy atom. The molecule has 0 saturated carbocycles. The second kappa shape index (κ2) is 7.59. The number of fused-ring (bicyclic) bond motifs is 1. The van der Waals surface area contributed by atoms with Gasteiger partial charge in [0, 0.05) is 18.3 Å². The van der Waals surface area contributed by atoms with E-state index in [4.69, 9.17) is 0 Å². The van der Waals surface area contributed by atoms with Crippen molar-refractivity contribution in [2.75, 3.05) is 11.9 Å². The van der Waals surface area contributed by atoms with E-state index in [1.807, 2.05) is 50.2 Å². The van der Waals surface area contributed by atoms with E-state index in [1.165, 1.54) is 0 Å². The Kier molecular flexibility index (Phi) is 4.96. The average Bonchev–Trinajstić information content (AvgIpc) is 2.75. The second-order valence-electron chi connectivity index (χ2n) is 7.45. The summed E-state index contributed by atoms with van der Waals surface area (Å²) in [5.41, 5.74) is 4.90. The van der Waals surface area contributed by atoms with Gasteiger partial charge in [0.15, 0.2) is 0 Å². The summed E-state index contributed by atoms with van der Waals surface area (Å²) in [5, 5.41) is 0.568. The van der Waals surface area contributed by atoms with Crippen molar-refractivity contribution < 1.29 is 4.79 Å². The summed E-state index contributed by atoms with van der Waals surface area (Å²) in [7, 11) is 1.78. The average molecular weight is 397 g/mol. The molecule has 150 valence electrons. The fraction of sp³-hybridized carbons (Fsp3) is 0.160. The number of rotatable bonds is 3. The van der Waals surface area contributed by atoms with Crippen molar-refractivity contribution in [1.82, 2.24) is 9.55 Å². The van der Waals surface area contributed by atoms with Crippen LogP contribution in [0.1, 0.15) is 27.3 Å². The maximum atomic E-state index is 13.0. The molecule has 5 nitrogen and oxygen atoms in total. The lowest BCUT2D eigenvalue weighted by Crippen LogP contribution is -2.27. The van der Waals surface area contributed by atoms with Gasteiger partial charge in [0.05, 0.1) is 16.6 Å². The topological polar surface area (TPSA) is 55.2 Å². The van der Waals surface area contributed by atoms with Gasteiger partial charge in [-0.05, 0) is 74.4 Å². The van der Waals surface area contributed by atoms with E-state index in [0.717, 1.165) is 16.8 Å². The van der Waals surface area contributed by atoms with Gasteiger partial charge >= 0.3 is 0 Å². The van der Waals surface area contributed by atoms with Crippen LogP contribution in [0.5, 0.6) is 0 Å². The second-order valence-corrected chi connectivity index (χ2v) is 7.45. The summed E-state index contributed by atoms with van der Waals surface area (Å²) in [5.74, 6) is 0.501. The zero-order valence-corrected chi connectivity index (χ0v) is 17.5. The molecule has 0 unspecified atom stereocenters. The quantitative estimate of drug-likeness (QED) is 0.508. The minimum absolute atomic E-state index is 0.101. The number of benzene rings is 3. The lowest BCUT2D eigenvalue weighted by Gasteiger charge is -2.21. The summed E-state index contributed by atoms with van der Waals surface area (Å²) in [6.07, 6.45) is 0. The van der Waals surface area contributed by atoms with Crippen LogP contribution in [0.15, 0.2) is 71.5 Å². The molecule has 0 aliphatic carbocycles. The summed E-state index contributed by atoms with van der Waals surface area (Å²) in [6.45, 7) is 5.85. The van der Waals surface area contributed by atoms with Crippen molar-refractivity contribution in [2.45, 2.75) is 20.8 Å². The lowest BCUT2D eigenvalue weighted by molar-refractivity contribution is 0.0993. The molecule has 3 aromatic carbocycles. The predicted octanol–water partition coefficient (Wildman–Crippen LogP) is 4.59. The highest BCUT2D eigenvalue weighted by molar-refractivity contribution is 6.06. The van der Waals surface area contributed by atoms with Gasteiger partial charge in [0.1, 0.15) is 5.82 Å². The van der Waals surface area contributed by atoms with E-state index in [0.29, 0.717) is 28.0 Å². The summed E-state index contributed by atoms with van der Waals surface area (Å²) in [4.78, 5) is 32.2. The molecule has 0 aliphatic heterocycles. The molecule has 1 aromatic heterocycles. The van der Waals surface area contributed by atoms with Crippen LogP contribution in [0.3, 0.4) is 0 Å². The first kappa shape index (κ1) is 19.6. The fourth-order valence-electron chi connectivity index (χ4n) is 3.70. The normalized spacial score (nSPS) is 10.9. The first-order chi connectivity index (χ1) is 14.4. The SMILES string of the molecule is Cc1cccc(N(C)C(=O)c2ccc(-n3c(C)nc4ccccc4c3=O)cc2)c1C. The Bertz CT molecular complexity index is 1320. The van der Waals surface area contributed by atoms with E-state index in [9.17, 15) is 9.59 Å². The van der Waals surface area contributed by atoms with E-state index in [1.54, 1.807) is 53.8 Å². The third kappa shape index (κ3) is 3.28. The standard InChI is InChI=1S/C25H23N3O2/c1-16-8-7-11-23(17(16)2)27(4)24(29)19-12-14-20(15-13-19)28-18(3)26-22-10-6-5-9-21(22)25(28)30/h5-15H,1-4H3. The van der Waals surface area contributed by atoms with Crippen molar-refractivity contribution in [1.29, 1.82) is 0 Å². The highest BCUT2D eigenvalue weighted by atomic mass is 16.2. The van der Waals surface area contributed by atoms with Gasteiger partial charge in [-0.2, -0.15) is 0 Å². The van der Waals surface area contributed by atoms with Crippen molar-refractivity contribution in [3.05, 3.63) is 99.6 Å². The summed E-state index contributed by atoms with van der Waals surface area (Å²) >= 11 is 0. The maximum Gasteiger partial charge on any atom is 0.265 e. The van der Waals surface area contributed by atoms with Crippen molar-refractivity contribution >= 4 is 22.5 Å². The molecule has 0 spiro atoms. The molecular formula is C25H23N3O2. The maximum absolute atomic E-state index is 13.0. The fourth-order valence-corrected chi connectivity index (χ4v) is 3.70. The van der Waals surface area contributed by atoms with Gasteiger partial charge in [-0.25, -0.2) is 4.98 Å². The zero-order chi connectivity index (χ0) is 21.4. The van der Waals surface area contributed by atoms with E-state index >= 15 is 0 Å². The molecule has 1 amide bonds. The number of aryl methyl sites for hydroxylation is 2. The van der Waals surface area contributed by atoms with Gasteiger partial charge < -0.3 is 4.90 Å². The molecule has 0 aliphatic rings. The molecule has 30 heavy (non-hydrogen) atoms. The Labute approximate surface area is 175 Å². The monoisotopic (exact) mass is 397 g/mol. The first-order valence-electron chi connectivity index (χ1n) is 9.81. The molecule has 0 radical (unpaired) electrons. The molecule has 5 heteroatoms. The highest BCUT2D eigenvalue weighted by Gasteiger charge is 2.16. The van der Waals surface area contributed by atoms with Gasteiger partial charge in [-0.15, -0.1) is 0 Å². The number of hydrogen-bond donors (Lipinski definition) is 0. The Morgan fingerprint density at radius 2 is 1.60 bits per heavy atom. The molecule has 0 bridgehead atoms. The Morgan fingerprint density at radius 1 is 0.900 bits per heavy atom. The van der Waals surface area contributed by atoms with Crippen LogP contribution in [0.2, 0.25) is 0 Å². The van der Waals surface area contributed by atoms with Crippen LogP contribution in [-0.2, 0) is 0 Å². The number of para-hydroxylation sites is 1. The van der Waals surface area contributed by atoms with Crippen LogP contribution >= 0.6 is 0 Å². The van der Waals surface area contributed by atoms with Crippen LogP contribution in [0, 0.1) is 20.8 Å². The molecule has 0 atom stereocenters. The summed E-state index contributed by atoms with van der Waals surface area (Å²) < 4.78 is 1.57. The zero-order valence-electron chi connectivity index (χ0n) is 17.5. The molecule has 0 fully saturated rings. The van der Waals surface area contributed by atoms with Gasteiger partial charge in [-0.3, -0.25) is 14.2 Å². The van der Waals surface area contributed by atoms with Crippen LogP contribution in [-0.4, -0.2) is 22.5 Å². The smallest absolute Gasteiger partial charge is 0.265 e. The molecule has 0 saturated heterocycles. The minimum Gasteiger partial charge on any atom is -0.311 e. The van der Waals surface area contributed by atoms with E-state index in [2.05, 4.69) is 4.98 Å². The third-order valence-electron chi connectivity index (χ3n) is 5.56. The number of nitrogens with zero attached hydrogens (tertiary/aromatic N) is 3. The number of carbonyl (C=O) groups is 1. The number of carbonyl (C=O) groups excluding carboxylic acids is 1. The predicted molar refractivity (Wildman–Crippen MR) is 121 cm³/mol. The van der Waals surface area contributed by atoms with E-state index < -0.39 is 0 Å². The lowest BCUT2D eigenvalue weighted by atomic mass is 10.1. The number of hydrogen-bond acceptors (Lipinski definition) is 3. The third-order valence-corrected chi connectivity index (χ3v) is 5.56. The van der Waals surface area contributed by atoms with Crippen LogP contribution in [0.25, 0.3) is 16.6 Å². The molecule has 0 N–H and O–H groups in total. The van der Waals surface area contributed by atoms with Crippen molar-refractivity contribution in [3.8, 4) is 5.69 Å². The molecule has 4 aromatic rings. The van der Waals surface area contributed by atoms with Gasteiger partial charge in [0.2, 0.25) is 0 Å². The highest BCUT2D eigenvalue weighted by Crippen LogP contribution is 2.23. The van der Waals surface area contributed by atoms with Crippen molar-refractivity contribution in [3.63, 3.8) is 0 Å². The minimum atomic E-state index is -0.121. The number of amides is 1. The van der Waals surface area contributed by atoms with E-state index in [-0.39, 0.29) is 11.5 Å². The number of anilines is 1. The first-order valence-corrected chi connectivity index (χ1v) is 9.81. The molecule has 1 heterocycles. The Hall–Kier alpha value is -3.73. The molecular weight excluding hydrogens is 374 g/mol. The molecule has 4 rings (SSSR count). The largest absolute Gasteiger partial charge is 0.311 e. The van der Waals surface area contributed by atoms with Crippen LogP contribution in [0.4, 0.5) is 5.69 Å². The van der Waals surface area contributed by atoms with Gasteiger partial charge in [0.25, 0.3) is 11.5 Å². The van der Waals surface area contributed by atoms with Gasteiger partial charge in [-0.1, -0.05) is 24.3 Å². The Balaban J connectivity index is 1.70. The van der Waals surface area contributed by atoms with Crippen molar-refractivity contribution in [2.24, 2.45) is 0 Å². The summed E-state index contributed by atoms with van der Waals surface area (Å²) in [6, 6.07) is 20.3.